The van der Waals surface area contributed by atoms with Crippen molar-refractivity contribution in [3.63, 3.8) is 0 Å². The molecule has 4 rings (SSSR count). The number of esters is 1. The van der Waals surface area contributed by atoms with Crippen LogP contribution in [0.3, 0.4) is 0 Å². The summed E-state index contributed by atoms with van der Waals surface area (Å²) in [6.45, 7) is 17.5. The molecule has 0 radical (unpaired) electrons. The van der Waals surface area contributed by atoms with Crippen LogP contribution in [0.4, 0.5) is 5.69 Å². The molecule has 0 unspecified atom stereocenters. The number of hydrogen-bond donors (Lipinski definition) is 0. The van der Waals surface area contributed by atoms with E-state index in [-0.39, 0.29) is 17.8 Å². The maximum absolute atomic E-state index is 11.2. The number of nitrogens with zero attached hydrogens (tertiary/aromatic N) is 2. The molecule has 1 heterocycles. The molecular formula is C35H36N2O4. The second kappa shape index (κ2) is 21.4. The average Bonchev–Trinajstić information content (AvgIpc) is 3.36. The van der Waals surface area contributed by atoms with E-state index in [0.29, 0.717) is 11.3 Å². The van der Waals surface area contributed by atoms with Crippen molar-refractivity contribution >= 4 is 35.1 Å². The van der Waals surface area contributed by atoms with Crippen LogP contribution in [0, 0.1) is 11.3 Å². The number of amides is 2. The van der Waals surface area contributed by atoms with E-state index in [9.17, 15) is 14.4 Å². The number of rotatable bonds is 4. The summed E-state index contributed by atoms with van der Waals surface area (Å²) < 4.78 is 4.27. The van der Waals surface area contributed by atoms with E-state index in [1.54, 1.807) is 37.3 Å². The van der Waals surface area contributed by atoms with Gasteiger partial charge in [0.1, 0.15) is 0 Å². The fourth-order valence-electron chi connectivity index (χ4n) is 2.72. The van der Waals surface area contributed by atoms with Gasteiger partial charge in [-0.05, 0) is 37.1 Å². The van der Waals surface area contributed by atoms with Crippen LogP contribution in [-0.2, 0) is 19.1 Å². The zero-order valence-corrected chi connectivity index (χ0v) is 23.8. The summed E-state index contributed by atoms with van der Waals surface area (Å²) in [5, 5.41) is 7.51. The second-order valence-corrected chi connectivity index (χ2v) is 8.05. The van der Waals surface area contributed by atoms with Crippen molar-refractivity contribution in [2.45, 2.75) is 13.8 Å². The number of allylic oxidation sites excluding steroid dienone is 2. The molecular weight excluding hydrogens is 512 g/mol. The van der Waals surface area contributed by atoms with E-state index in [1.807, 2.05) is 67.6 Å². The van der Waals surface area contributed by atoms with E-state index in [4.69, 9.17) is 5.26 Å². The normalized spacial score (nSPS) is 10.2. The lowest BCUT2D eigenvalue weighted by molar-refractivity contribution is -0.136. The van der Waals surface area contributed by atoms with Gasteiger partial charge in [-0.3, -0.25) is 9.59 Å². The summed E-state index contributed by atoms with van der Waals surface area (Å²) in [5.41, 5.74) is 4.56. The van der Waals surface area contributed by atoms with Crippen LogP contribution in [0.2, 0.25) is 0 Å². The van der Waals surface area contributed by atoms with Gasteiger partial charge in [-0.15, -0.1) is 0 Å². The number of methoxy groups -OCH3 is 1. The van der Waals surface area contributed by atoms with Crippen LogP contribution in [0.1, 0.15) is 25.0 Å². The van der Waals surface area contributed by atoms with Crippen molar-refractivity contribution in [3.05, 3.63) is 152 Å². The molecule has 0 atom stereocenters. The molecule has 0 bridgehead atoms. The number of nitriles is 1. The van der Waals surface area contributed by atoms with Gasteiger partial charge in [0, 0.05) is 23.8 Å². The molecule has 0 aromatic heterocycles. The minimum Gasteiger partial charge on any atom is -0.466 e. The molecule has 3 aromatic carbocycles. The summed E-state index contributed by atoms with van der Waals surface area (Å²) in [6, 6.07) is 30.7. The second-order valence-electron chi connectivity index (χ2n) is 8.05. The number of carbonyl (C=O) groups is 3. The smallest absolute Gasteiger partial charge is 0.332 e. The Kier molecular flexibility index (Phi) is 18.5. The minimum absolute atomic E-state index is 0.281. The Morgan fingerprint density at radius 2 is 1.22 bits per heavy atom. The molecule has 0 fully saturated rings. The maximum Gasteiger partial charge on any atom is 0.332 e. The summed E-state index contributed by atoms with van der Waals surface area (Å²) in [7, 11) is 1.33. The Balaban J connectivity index is 0.000000512. The predicted octanol–water partition coefficient (Wildman–Crippen LogP) is 7.60. The molecule has 0 aliphatic carbocycles. The zero-order valence-electron chi connectivity index (χ0n) is 23.8. The minimum atomic E-state index is -0.347. The quantitative estimate of drug-likeness (QED) is 0.145. The topological polar surface area (TPSA) is 87.5 Å². The molecule has 1 aliphatic heterocycles. The third-order valence-electron chi connectivity index (χ3n) is 4.75. The van der Waals surface area contributed by atoms with Crippen molar-refractivity contribution < 1.29 is 19.1 Å². The van der Waals surface area contributed by atoms with E-state index < -0.39 is 0 Å². The Hall–Kier alpha value is -5.54. The van der Waals surface area contributed by atoms with Gasteiger partial charge in [-0.25, -0.2) is 9.69 Å². The van der Waals surface area contributed by atoms with Crippen molar-refractivity contribution in [2.75, 3.05) is 12.0 Å². The molecule has 3 aromatic rings. The fraction of sp³-hybridized carbons (Fsp3) is 0.0857. The van der Waals surface area contributed by atoms with E-state index in [0.717, 1.165) is 10.5 Å². The maximum atomic E-state index is 11.2. The highest BCUT2D eigenvalue weighted by Crippen LogP contribution is 2.17. The van der Waals surface area contributed by atoms with Crippen LogP contribution in [0.25, 0.3) is 11.6 Å². The number of anilines is 1. The number of carbonyl (C=O) groups excluding carboxylic acids is 3. The SMILES string of the molecule is C=C(C)C(=O)OC.C=C(C)c1ccccc1.C=CC#N.C=Cc1ccccc1.O=C1C=CC(=O)N1c1ccccc1. The molecule has 0 spiro atoms. The summed E-state index contributed by atoms with van der Waals surface area (Å²) in [6.07, 6.45) is 5.56. The van der Waals surface area contributed by atoms with E-state index in [2.05, 4.69) is 43.2 Å². The first-order valence-electron chi connectivity index (χ1n) is 12.4. The van der Waals surface area contributed by atoms with Crippen LogP contribution in [-0.4, -0.2) is 24.9 Å². The lowest BCUT2D eigenvalue weighted by Crippen LogP contribution is -2.29. The summed E-state index contributed by atoms with van der Waals surface area (Å²) in [5.74, 6) is -0.910. The summed E-state index contributed by atoms with van der Waals surface area (Å²) >= 11 is 0. The molecule has 41 heavy (non-hydrogen) atoms. The van der Waals surface area contributed by atoms with Crippen LogP contribution < -0.4 is 4.90 Å². The van der Waals surface area contributed by atoms with Crippen LogP contribution in [0.5, 0.6) is 0 Å². The molecule has 210 valence electrons. The number of benzene rings is 3. The van der Waals surface area contributed by atoms with Crippen molar-refractivity contribution in [3.8, 4) is 6.07 Å². The standard InChI is InChI=1S/C10H7NO2.C9H10.C8H8.C5H8O2.C3H3N/c12-9-6-7-10(13)11(9)8-4-2-1-3-5-8;1-8(2)9-6-4-3-5-7-9;1-2-8-6-4-3-5-7-8;1-4(2)5(6)7-3;1-2-3-4/h1-7H;3-7H,1H2,2H3;2-7H,1H2;1H2,2-3H3;2H,1H2. The highest BCUT2D eigenvalue weighted by Gasteiger charge is 2.24. The monoisotopic (exact) mass is 548 g/mol. The zero-order chi connectivity index (χ0) is 31.0. The van der Waals surface area contributed by atoms with E-state index in [1.165, 1.54) is 36.5 Å². The van der Waals surface area contributed by atoms with Gasteiger partial charge in [0.2, 0.25) is 0 Å². The van der Waals surface area contributed by atoms with Gasteiger partial charge in [-0.2, -0.15) is 5.26 Å². The highest BCUT2D eigenvalue weighted by molar-refractivity contribution is 6.28. The lowest BCUT2D eigenvalue weighted by atomic mass is 10.1. The molecule has 0 N–H and O–H groups in total. The number of hydrogen-bond acceptors (Lipinski definition) is 5. The van der Waals surface area contributed by atoms with Crippen LogP contribution in [0.15, 0.2) is 141 Å². The van der Waals surface area contributed by atoms with E-state index >= 15 is 0 Å². The first kappa shape index (κ1) is 35.5. The van der Waals surface area contributed by atoms with Crippen molar-refractivity contribution in [1.82, 2.24) is 0 Å². The highest BCUT2D eigenvalue weighted by atomic mass is 16.5. The summed E-state index contributed by atoms with van der Waals surface area (Å²) in [4.78, 5) is 33.7. The van der Waals surface area contributed by atoms with Gasteiger partial charge in [0.05, 0.1) is 18.9 Å². The number of para-hydroxylation sites is 1. The number of imide groups is 1. The van der Waals surface area contributed by atoms with Gasteiger partial charge in [0.25, 0.3) is 11.8 Å². The Morgan fingerprint density at radius 3 is 1.49 bits per heavy atom. The molecule has 6 heteroatoms. The van der Waals surface area contributed by atoms with Crippen molar-refractivity contribution in [1.29, 1.82) is 5.26 Å². The Morgan fingerprint density at radius 1 is 0.805 bits per heavy atom. The molecule has 6 nitrogen and oxygen atoms in total. The fourth-order valence-corrected chi connectivity index (χ4v) is 2.72. The average molecular weight is 549 g/mol. The molecule has 0 saturated carbocycles. The molecule has 0 saturated heterocycles. The van der Waals surface area contributed by atoms with Crippen LogP contribution >= 0.6 is 0 Å². The molecule has 1 aliphatic rings. The third kappa shape index (κ3) is 15.5. The Labute approximate surface area is 243 Å². The first-order valence-corrected chi connectivity index (χ1v) is 12.4. The lowest BCUT2D eigenvalue weighted by Gasteiger charge is -2.12. The molecule has 2 amide bonds. The van der Waals surface area contributed by atoms with Gasteiger partial charge in [-0.1, -0.05) is 117 Å². The van der Waals surface area contributed by atoms with Crippen molar-refractivity contribution in [2.24, 2.45) is 0 Å². The Bertz CT molecular complexity index is 1340. The largest absolute Gasteiger partial charge is 0.466 e. The first-order chi connectivity index (χ1) is 19.6. The number of ether oxygens (including phenoxy) is 1. The van der Waals surface area contributed by atoms with Gasteiger partial charge in [0.15, 0.2) is 0 Å². The third-order valence-corrected chi connectivity index (χ3v) is 4.75. The predicted molar refractivity (Wildman–Crippen MR) is 168 cm³/mol. The van der Waals surface area contributed by atoms with Gasteiger partial charge >= 0.3 is 5.97 Å². The van der Waals surface area contributed by atoms with Gasteiger partial charge < -0.3 is 4.74 Å².